The van der Waals surface area contributed by atoms with Crippen LogP contribution in [0.25, 0.3) is 11.3 Å². The molecule has 0 spiro atoms. The summed E-state index contributed by atoms with van der Waals surface area (Å²) in [7, 11) is 0. The minimum atomic E-state index is -4.48. The summed E-state index contributed by atoms with van der Waals surface area (Å²) < 4.78 is 48.5. The highest BCUT2D eigenvalue weighted by molar-refractivity contribution is 5.89. The average Bonchev–Trinajstić information content (AvgIpc) is 3.09. The van der Waals surface area contributed by atoms with E-state index in [0.29, 0.717) is 0 Å². The molecule has 1 amide bonds. The second kappa shape index (κ2) is 8.75. The minimum absolute atomic E-state index is 0.0303. The number of hydrogen-bond acceptors (Lipinski definition) is 4. The van der Waals surface area contributed by atoms with Gasteiger partial charge in [-0.1, -0.05) is 25.5 Å². The first-order valence-corrected chi connectivity index (χ1v) is 8.44. The van der Waals surface area contributed by atoms with Gasteiger partial charge in [-0.3, -0.25) is 4.79 Å². The molecule has 1 N–H and O–H groups in total. The molecule has 2 aromatic rings. The van der Waals surface area contributed by atoms with Crippen molar-refractivity contribution in [3.63, 3.8) is 0 Å². The Labute approximate surface area is 154 Å². The Morgan fingerprint density at radius 2 is 1.96 bits per heavy atom. The molecule has 0 bridgehead atoms. The minimum Gasteiger partial charge on any atom is -0.450 e. The van der Waals surface area contributed by atoms with Crippen molar-refractivity contribution in [1.29, 1.82) is 0 Å². The highest BCUT2D eigenvalue weighted by Gasteiger charge is 2.30. The van der Waals surface area contributed by atoms with Gasteiger partial charge < -0.3 is 14.5 Å². The number of furan rings is 1. The molecule has 0 aliphatic heterocycles. The van der Waals surface area contributed by atoms with Gasteiger partial charge in [-0.25, -0.2) is 4.79 Å². The van der Waals surface area contributed by atoms with Crippen molar-refractivity contribution in [2.75, 3.05) is 6.61 Å². The van der Waals surface area contributed by atoms with Crippen LogP contribution in [0.4, 0.5) is 13.2 Å². The summed E-state index contributed by atoms with van der Waals surface area (Å²) in [6.45, 7) is 3.37. The fourth-order valence-corrected chi connectivity index (χ4v) is 2.48. The van der Waals surface area contributed by atoms with Crippen LogP contribution in [-0.4, -0.2) is 24.5 Å². The second-order valence-corrected chi connectivity index (χ2v) is 6.08. The van der Waals surface area contributed by atoms with Crippen LogP contribution in [0.15, 0.2) is 40.8 Å². The molecule has 0 aliphatic carbocycles. The molecule has 0 aliphatic rings. The zero-order valence-corrected chi connectivity index (χ0v) is 14.9. The number of carbonyl (C=O) groups excluding carboxylic acids is 2. The fourth-order valence-electron chi connectivity index (χ4n) is 2.48. The van der Waals surface area contributed by atoms with E-state index in [0.717, 1.165) is 25.0 Å². The van der Waals surface area contributed by atoms with Crippen molar-refractivity contribution in [3.05, 3.63) is 47.7 Å². The number of esters is 1. The van der Waals surface area contributed by atoms with Crippen LogP contribution in [-0.2, 0) is 15.7 Å². The summed E-state index contributed by atoms with van der Waals surface area (Å²) in [6, 6.07) is 7.19. The van der Waals surface area contributed by atoms with Gasteiger partial charge in [-0.15, -0.1) is 0 Å². The lowest BCUT2D eigenvalue weighted by molar-refractivity contribution is -0.137. The lowest BCUT2D eigenvalue weighted by Crippen LogP contribution is -2.35. The maximum atomic E-state index is 12.8. The lowest BCUT2D eigenvalue weighted by atomic mass is 10.1. The van der Waals surface area contributed by atoms with Crippen LogP contribution < -0.4 is 5.32 Å². The Morgan fingerprint density at radius 3 is 2.63 bits per heavy atom. The van der Waals surface area contributed by atoms with Crippen molar-refractivity contribution in [2.24, 2.45) is 0 Å². The number of ether oxygens (including phenoxy) is 1. The van der Waals surface area contributed by atoms with Gasteiger partial charge >= 0.3 is 12.1 Å². The number of rotatable bonds is 7. The number of benzene rings is 1. The van der Waals surface area contributed by atoms with E-state index in [2.05, 4.69) is 5.32 Å². The highest BCUT2D eigenvalue weighted by atomic mass is 19.4. The maximum Gasteiger partial charge on any atom is 0.416 e. The molecule has 1 heterocycles. The molecule has 1 unspecified atom stereocenters. The van der Waals surface area contributed by atoms with E-state index in [-0.39, 0.29) is 23.1 Å². The van der Waals surface area contributed by atoms with Gasteiger partial charge in [0.2, 0.25) is 5.76 Å². The Morgan fingerprint density at radius 1 is 1.22 bits per heavy atom. The molecule has 5 nitrogen and oxygen atoms in total. The maximum absolute atomic E-state index is 12.8. The lowest BCUT2D eigenvalue weighted by Gasteiger charge is -2.12. The summed E-state index contributed by atoms with van der Waals surface area (Å²) in [5.41, 5.74) is -0.645. The van der Waals surface area contributed by atoms with E-state index >= 15 is 0 Å². The molecule has 146 valence electrons. The molecule has 1 aromatic carbocycles. The average molecular weight is 383 g/mol. The molecule has 0 saturated carbocycles. The summed E-state index contributed by atoms with van der Waals surface area (Å²) in [4.78, 5) is 23.7. The zero-order valence-electron chi connectivity index (χ0n) is 14.9. The molecule has 27 heavy (non-hydrogen) atoms. The monoisotopic (exact) mass is 383 g/mol. The molecule has 1 aromatic heterocycles. The predicted molar refractivity (Wildman–Crippen MR) is 91.9 cm³/mol. The summed E-state index contributed by atoms with van der Waals surface area (Å²) in [6.07, 6.45) is -2.77. The van der Waals surface area contributed by atoms with Gasteiger partial charge in [-0.2, -0.15) is 13.2 Å². The topological polar surface area (TPSA) is 68.5 Å². The number of amides is 1. The van der Waals surface area contributed by atoms with Crippen LogP contribution in [0.1, 0.15) is 42.8 Å². The quantitative estimate of drug-likeness (QED) is 0.719. The Bertz CT molecular complexity index is 798. The predicted octanol–water partition coefficient (Wildman–Crippen LogP) is 4.43. The Kier molecular flexibility index (Phi) is 6.65. The summed E-state index contributed by atoms with van der Waals surface area (Å²) in [5.74, 6) is -1.41. The summed E-state index contributed by atoms with van der Waals surface area (Å²) >= 11 is 0. The highest BCUT2D eigenvalue weighted by Crippen LogP contribution is 2.32. The normalized spacial score (nSPS) is 12.5. The third-order valence-electron chi connectivity index (χ3n) is 3.75. The standard InChI is InChI=1S/C19H20F3NO4/c1-3-5-12(2)23-17(24)11-26-18(25)16-9-8-15(27-16)13-6-4-7-14(10-13)19(20,21)22/h4,6-10,12H,3,5,11H2,1-2H3,(H,23,24). The van der Waals surface area contributed by atoms with Gasteiger partial charge in [0.1, 0.15) is 5.76 Å². The van der Waals surface area contributed by atoms with Crippen LogP contribution in [0.2, 0.25) is 0 Å². The van der Waals surface area contributed by atoms with Gasteiger partial charge in [-0.05, 0) is 37.6 Å². The van der Waals surface area contributed by atoms with Crippen molar-refractivity contribution < 1.29 is 31.9 Å². The van der Waals surface area contributed by atoms with Crippen molar-refractivity contribution in [1.82, 2.24) is 5.32 Å². The SMILES string of the molecule is CCCC(C)NC(=O)COC(=O)c1ccc(-c2cccc(C(F)(F)F)c2)o1. The largest absolute Gasteiger partial charge is 0.450 e. The van der Waals surface area contributed by atoms with E-state index < -0.39 is 30.2 Å². The molecule has 2 rings (SSSR count). The number of carbonyl (C=O) groups is 2. The number of halogens is 3. The first-order valence-electron chi connectivity index (χ1n) is 8.44. The van der Waals surface area contributed by atoms with Crippen LogP contribution >= 0.6 is 0 Å². The third-order valence-corrected chi connectivity index (χ3v) is 3.75. The third kappa shape index (κ3) is 5.87. The number of nitrogens with one attached hydrogen (secondary N) is 1. The van der Waals surface area contributed by atoms with Crippen molar-refractivity contribution >= 4 is 11.9 Å². The zero-order chi connectivity index (χ0) is 20.0. The van der Waals surface area contributed by atoms with Crippen molar-refractivity contribution in [2.45, 2.75) is 38.9 Å². The first kappa shape index (κ1) is 20.5. The van der Waals surface area contributed by atoms with E-state index in [1.54, 1.807) is 0 Å². The smallest absolute Gasteiger partial charge is 0.416 e. The molecular formula is C19H20F3NO4. The molecule has 1 atom stereocenters. The van der Waals surface area contributed by atoms with E-state index in [1.165, 1.54) is 24.3 Å². The Balaban J connectivity index is 1.99. The molecule has 0 saturated heterocycles. The molecule has 8 heteroatoms. The Hall–Kier alpha value is -2.77. The number of hydrogen-bond donors (Lipinski definition) is 1. The fraction of sp³-hybridized carbons (Fsp3) is 0.368. The van der Waals surface area contributed by atoms with Gasteiger partial charge in [0, 0.05) is 11.6 Å². The first-order chi connectivity index (χ1) is 12.7. The van der Waals surface area contributed by atoms with Crippen molar-refractivity contribution in [3.8, 4) is 11.3 Å². The van der Waals surface area contributed by atoms with Crippen LogP contribution in [0, 0.1) is 0 Å². The van der Waals surface area contributed by atoms with Crippen LogP contribution in [0.3, 0.4) is 0 Å². The van der Waals surface area contributed by atoms with Gasteiger partial charge in [0.15, 0.2) is 6.61 Å². The van der Waals surface area contributed by atoms with Crippen LogP contribution in [0.5, 0.6) is 0 Å². The molecule has 0 radical (unpaired) electrons. The second-order valence-electron chi connectivity index (χ2n) is 6.08. The molecule has 0 fully saturated rings. The van der Waals surface area contributed by atoms with E-state index in [9.17, 15) is 22.8 Å². The van der Waals surface area contributed by atoms with E-state index in [1.807, 2.05) is 13.8 Å². The van der Waals surface area contributed by atoms with Gasteiger partial charge in [0.25, 0.3) is 5.91 Å². The molecular weight excluding hydrogens is 363 g/mol. The van der Waals surface area contributed by atoms with E-state index in [4.69, 9.17) is 9.15 Å². The number of alkyl halides is 3. The van der Waals surface area contributed by atoms with Gasteiger partial charge in [0.05, 0.1) is 5.56 Å². The summed E-state index contributed by atoms with van der Waals surface area (Å²) in [5, 5.41) is 2.69.